The molecule has 1 rings (SSSR count). The minimum atomic E-state index is 0.728. The van der Waals surface area contributed by atoms with Crippen molar-refractivity contribution in [2.45, 2.75) is 66.3 Å². The van der Waals surface area contributed by atoms with Gasteiger partial charge >= 0.3 is 0 Å². The fraction of sp³-hybridized carbons (Fsp3) is 1.00. The molecule has 0 atom stereocenters. The first-order valence-electron chi connectivity index (χ1n) is 9.83. The second-order valence-electron chi connectivity index (χ2n) is 6.43. The van der Waals surface area contributed by atoms with Gasteiger partial charge in [0.1, 0.15) is 0 Å². The number of hydrogen-bond acceptors (Lipinski definition) is 4. The van der Waals surface area contributed by atoms with Crippen LogP contribution >= 0.6 is 0 Å². The van der Waals surface area contributed by atoms with E-state index in [0.717, 1.165) is 51.5 Å². The van der Waals surface area contributed by atoms with E-state index in [-0.39, 0.29) is 0 Å². The zero-order valence-electron chi connectivity index (χ0n) is 16.4. The summed E-state index contributed by atoms with van der Waals surface area (Å²) in [5, 5.41) is 3.54. The monoisotopic (exact) mass is 330 g/mol. The van der Waals surface area contributed by atoms with Gasteiger partial charge in [-0.15, -0.1) is 0 Å². The summed E-state index contributed by atoms with van der Waals surface area (Å²) in [6.45, 7) is 18.4. The first-order valence-corrected chi connectivity index (χ1v) is 9.83. The van der Waals surface area contributed by atoms with Gasteiger partial charge in [-0.25, -0.2) is 0 Å². The fourth-order valence-corrected chi connectivity index (χ4v) is 2.76. The highest BCUT2D eigenvalue weighted by atomic mass is 16.5. The van der Waals surface area contributed by atoms with Crippen LogP contribution in [-0.2, 0) is 9.47 Å². The SMILES string of the molecule is CC.CCNC1CCN(CCOCCOCCCC(C)C)CC1. The molecule has 1 saturated heterocycles. The van der Waals surface area contributed by atoms with Gasteiger partial charge in [0, 0.05) is 19.2 Å². The van der Waals surface area contributed by atoms with Gasteiger partial charge in [-0.1, -0.05) is 34.6 Å². The van der Waals surface area contributed by atoms with Crippen molar-refractivity contribution < 1.29 is 9.47 Å². The third-order valence-corrected chi connectivity index (χ3v) is 4.07. The van der Waals surface area contributed by atoms with Crippen molar-refractivity contribution in [3.63, 3.8) is 0 Å². The zero-order chi connectivity index (χ0) is 17.3. The first-order chi connectivity index (χ1) is 11.2. The van der Waals surface area contributed by atoms with Crippen LogP contribution in [0.5, 0.6) is 0 Å². The van der Waals surface area contributed by atoms with Crippen molar-refractivity contribution in [1.82, 2.24) is 10.2 Å². The lowest BCUT2D eigenvalue weighted by molar-refractivity contribution is 0.0340. The van der Waals surface area contributed by atoms with E-state index in [9.17, 15) is 0 Å². The summed E-state index contributed by atoms with van der Waals surface area (Å²) < 4.78 is 11.2. The molecule has 0 amide bonds. The van der Waals surface area contributed by atoms with E-state index >= 15 is 0 Å². The highest BCUT2D eigenvalue weighted by Crippen LogP contribution is 2.09. The Bertz CT molecular complexity index is 229. The molecule has 0 aliphatic carbocycles. The van der Waals surface area contributed by atoms with Crippen molar-refractivity contribution in [3.05, 3.63) is 0 Å². The number of hydrogen-bond donors (Lipinski definition) is 1. The predicted octanol–water partition coefficient (Wildman–Crippen LogP) is 3.56. The lowest BCUT2D eigenvalue weighted by Crippen LogP contribution is -2.43. The van der Waals surface area contributed by atoms with E-state index in [0.29, 0.717) is 0 Å². The molecular weight excluding hydrogens is 288 g/mol. The summed E-state index contributed by atoms with van der Waals surface area (Å²) in [7, 11) is 0. The maximum absolute atomic E-state index is 5.66. The van der Waals surface area contributed by atoms with Crippen LogP contribution in [-0.4, -0.2) is 63.5 Å². The number of rotatable bonds is 12. The van der Waals surface area contributed by atoms with E-state index in [1.54, 1.807) is 0 Å². The largest absolute Gasteiger partial charge is 0.379 e. The lowest BCUT2D eigenvalue weighted by Gasteiger charge is -2.32. The van der Waals surface area contributed by atoms with Gasteiger partial charge in [-0.2, -0.15) is 0 Å². The summed E-state index contributed by atoms with van der Waals surface area (Å²) in [6, 6.07) is 0.728. The molecule has 0 radical (unpaired) electrons. The van der Waals surface area contributed by atoms with Gasteiger partial charge in [0.15, 0.2) is 0 Å². The molecule has 0 unspecified atom stereocenters. The van der Waals surface area contributed by atoms with Crippen molar-refractivity contribution in [2.75, 3.05) is 52.6 Å². The predicted molar refractivity (Wildman–Crippen MR) is 100 cm³/mol. The van der Waals surface area contributed by atoms with E-state index in [1.165, 1.54) is 38.8 Å². The Hall–Kier alpha value is -0.160. The maximum atomic E-state index is 5.66. The van der Waals surface area contributed by atoms with Crippen molar-refractivity contribution in [3.8, 4) is 0 Å². The van der Waals surface area contributed by atoms with E-state index in [2.05, 4.69) is 31.0 Å². The molecule has 140 valence electrons. The quantitative estimate of drug-likeness (QED) is 0.555. The molecule has 0 aromatic heterocycles. The van der Waals surface area contributed by atoms with Crippen LogP contribution in [0.3, 0.4) is 0 Å². The smallest absolute Gasteiger partial charge is 0.0701 e. The molecule has 4 nitrogen and oxygen atoms in total. The molecule has 0 aromatic rings. The Morgan fingerprint density at radius 3 is 2.17 bits per heavy atom. The molecular formula is C19H42N2O2. The molecule has 1 N–H and O–H groups in total. The summed E-state index contributed by atoms with van der Waals surface area (Å²) in [4.78, 5) is 2.51. The molecule has 4 heteroatoms. The van der Waals surface area contributed by atoms with Gasteiger partial charge in [0.05, 0.1) is 19.8 Å². The molecule has 0 aromatic carbocycles. The summed E-state index contributed by atoms with van der Waals surface area (Å²) in [5.74, 6) is 0.779. The van der Waals surface area contributed by atoms with Crippen LogP contribution < -0.4 is 5.32 Å². The molecule has 1 heterocycles. The van der Waals surface area contributed by atoms with E-state index < -0.39 is 0 Å². The number of piperidine rings is 1. The topological polar surface area (TPSA) is 33.7 Å². The van der Waals surface area contributed by atoms with Crippen LogP contribution in [0.25, 0.3) is 0 Å². The minimum absolute atomic E-state index is 0.728. The second kappa shape index (κ2) is 16.7. The van der Waals surface area contributed by atoms with Gasteiger partial charge < -0.3 is 19.7 Å². The number of likely N-dealkylation sites (tertiary alicyclic amines) is 1. The normalized spacial score (nSPS) is 16.4. The van der Waals surface area contributed by atoms with Gasteiger partial charge in [-0.3, -0.25) is 0 Å². The number of nitrogens with zero attached hydrogens (tertiary/aromatic N) is 1. The van der Waals surface area contributed by atoms with Crippen molar-refractivity contribution in [1.29, 1.82) is 0 Å². The highest BCUT2D eigenvalue weighted by Gasteiger charge is 2.17. The molecule has 0 bridgehead atoms. The Labute approximate surface area is 145 Å². The molecule has 0 saturated carbocycles. The Morgan fingerprint density at radius 1 is 1.00 bits per heavy atom. The number of ether oxygens (including phenoxy) is 2. The Kier molecular flexibility index (Phi) is 16.6. The van der Waals surface area contributed by atoms with Gasteiger partial charge in [0.25, 0.3) is 0 Å². The zero-order valence-corrected chi connectivity index (χ0v) is 16.4. The van der Waals surface area contributed by atoms with Crippen LogP contribution in [0.4, 0.5) is 0 Å². The first kappa shape index (κ1) is 22.8. The average molecular weight is 331 g/mol. The Morgan fingerprint density at radius 2 is 1.61 bits per heavy atom. The minimum Gasteiger partial charge on any atom is -0.379 e. The third kappa shape index (κ3) is 13.9. The lowest BCUT2D eigenvalue weighted by atomic mass is 10.1. The van der Waals surface area contributed by atoms with Crippen LogP contribution in [0.1, 0.15) is 60.3 Å². The average Bonchev–Trinajstić information content (AvgIpc) is 2.56. The van der Waals surface area contributed by atoms with Gasteiger partial charge in [0.2, 0.25) is 0 Å². The van der Waals surface area contributed by atoms with Gasteiger partial charge in [-0.05, 0) is 51.2 Å². The van der Waals surface area contributed by atoms with Crippen molar-refractivity contribution in [2.24, 2.45) is 5.92 Å². The standard InChI is InChI=1S/C17H36N2O2.C2H6/c1-4-18-17-7-9-19(10-8-17)11-13-21-15-14-20-12-5-6-16(2)3;1-2/h16-18H,4-15H2,1-3H3;1-2H3. The molecule has 1 aliphatic rings. The van der Waals surface area contributed by atoms with Crippen LogP contribution in [0.2, 0.25) is 0 Å². The van der Waals surface area contributed by atoms with Crippen molar-refractivity contribution >= 4 is 0 Å². The summed E-state index contributed by atoms with van der Waals surface area (Å²) in [5.41, 5.74) is 0. The van der Waals surface area contributed by atoms with E-state index in [1.807, 2.05) is 13.8 Å². The Balaban J connectivity index is 0.00000232. The van der Waals surface area contributed by atoms with E-state index in [4.69, 9.17) is 9.47 Å². The third-order valence-electron chi connectivity index (χ3n) is 4.07. The molecule has 23 heavy (non-hydrogen) atoms. The molecule has 0 spiro atoms. The second-order valence-corrected chi connectivity index (χ2v) is 6.43. The maximum Gasteiger partial charge on any atom is 0.0701 e. The summed E-state index contributed by atoms with van der Waals surface area (Å²) in [6.07, 6.45) is 4.96. The van der Waals surface area contributed by atoms with Crippen LogP contribution in [0, 0.1) is 5.92 Å². The molecule has 1 aliphatic heterocycles. The fourth-order valence-electron chi connectivity index (χ4n) is 2.76. The number of nitrogens with one attached hydrogen (secondary N) is 1. The summed E-state index contributed by atoms with van der Waals surface area (Å²) >= 11 is 0. The van der Waals surface area contributed by atoms with Crippen LogP contribution in [0.15, 0.2) is 0 Å². The molecule has 1 fully saturated rings. The highest BCUT2D eigenvalue weighted by molar-refractivity contribution is 4.76.